The summed E-state index contributed by atoms with van der Waals surface area (Å²) in [6, 6.07) is 7.67. The van der Waals surface area contributed by atoms with Gasteiger partial charge >= 0.3 is 0 Å². The molecule has 5 nitrogen and oxygen atoms in total. The van der Waals surface area contributed by atoms with Crippen LogP contribution in [-0.2, 0) is 9.59 Å². The minimum absolute atomic E-state index is 0.0394. The number of aromatic nitrogens is 1. The largest absolute Gasteiger partial charge is 0.495 e. The number of fused-ring (bicyclic) bond motifs is 2. The van der Waals surface area contributed by atoms with E-state index in [2.05, 4.69) is 4.37 Å². The number of benzene rings is 1. The molecule has 0 spiro atoms. The third-order valence-corrected chi connectivity index (χ3v) is 7.35. The van der Waals surface area contributed by atoms with Gasteiger partial charge in [-0.3, -0.25) is 14.5 Å². The van der Waals surface area contributed by atoms with Crippen LogP contribution in [0.3, 0.4) is 0 Å². The maximum absolute atomic E-state index is 12.9. The molecule has 3 heterocycles. The topological polar surface area (TPSA) is 59.5 Å². The maximum atomic E-state index is 12.9. The Labute approximate surface area is 164 Å². The molecular weight excluding hydrogens is 380 g/mol. The molecule has 1 aromatic carbocycles. The number of carbonyl (C=O) groups excluding carboxylic acids is 2. The number of hydrogen-bond donors (Lipinski definition) is 0. The molecule has 138 valence electrons. The van der Waals surface area contributed by atoms with Gasteiger partial charge in [0.25, 0.3) is 0 Å². The van der Waals surface area contributed by atoms with Crippen LogP contribution in [0.2, 0.25) is 0 Å². The van der Waals surface area contributed by atoms with Crippen molar-refractivity contribution >= 4 is 50.5 Å². The van der Waals surface area contributed by atoms with E-state index in [9.17, 15) is 9.59 Å². The number of ether oxygens (including phenoxy) is 1. The van der Waals surface area contributed by atoms with Crippen LogP contribution in [0.5, 0.6) is 5.75 Å². The first-order valence-corrected chi connectivity index (χ1v) is 10.7. The molecule has 1 aliphatic heterocycles. The van der Waals surface area contributed by atoms with E-state index in [0.717, 1.165) is 52.1 Å². The third-order valence-electron chi connectivity index (χ3n) is 5.62. The van der Waals surface area contributed by atoms with E-state index in [0.29, 0.717) is 5.69 Å². The quantitative estimate of drug-likeness (QED) is 0.600. The fourth-order valence-electron chi connectivity index (χ4n) is 4.28. The van der Waals surface area contributed by atoms with Gasteiger partial charge < -0.3 is 4.74 Å². The fraction of sp³-hybridized carbons (Fsp3) is 0.350. The first-order valence-electron chi connectivity index (χ1n) is 9.08. The first kappa shape index (κ1) is 16.9. The zero-order valence-electron chi connectivity index (χ0n) is 14.8. The van der Waals surface area contributed by atoms with Crippen LogP contribution in [0, 0.1) is 11.8 Å². The first-order chi connectivity index (χ1) is 13.2. The smallest absolute Gasteiger partial charge is 0.237 e. The Balaban J connectivity index is 1.60. The number of anilines is 1. The van der Waals surface area contributed by atoms with Gasteiger partial charge in [-0.15, -0.1) is 11.3 Å². The van der Waals surface area contributed by atoms with E-state index in [1.165, 1.54) is 16.4 Å². The summed E-state index contributed by atoms with van der Waals surface area (Å²) in [5.41, 5.74) is 1.50. The Morgan fingerprint density at radius 1 is 1.11 bits per heavy atom. The fourth-order valence-corrected chi connectivity index (χ4v) is 5.96. The molecule has 3 aromatic rings. The highest BCUT2D eigenvalue weighted by atomic mass is 32.1. The van der Waals surface area contributed by atoms with E-state index < -0.39 is 0 Å². The number of nitrogens with zero attached hydrogens (tertiary/aromatic N) is 2. The lowest BCUT2D eigenvalue weighted by Gasteiger charge is -2.19. The zero-order valence-corrected chi connectivity index (χ0v) is 16.4. The lowest BCUT2D eigenvalue weighted by Crippen LogP contribution is -2.30. The van der Waals surface area contributed by atoms with Crippen molar-refractivity contribution in [2.75, 3.05) is 12.0 Å². The van der Waals surface area contributed by atoms with E-state index in [1.807, 2.05) is 29.6 Å². The summed E-state index contributed by atoms with van der Waals surface area (Å²) in [7, 11) is 1.65. The SMILES string of the molecule is COc1ccsc1-c1nsc2ccc(N3C(=O)C4CCCCC4C3=O)cc12. The molecule has 0 radical (unpaired) electrons. The summed E-state index contributed by atoms with van der Waals surface area (Å²) in [6.45, 7) is 0. The lowest BCUT2D eigenvalue weighted by molar-refractivity contribution is -0.122. The number of hydrogen-bond acceptors (Lipinski definition) is 6. The molecule has 2 unspecified atom stereocenters. The van der Waals surface area contributed by atoms with Gasteiger partial charge in [-0.25, -0.2) is 0 Å². The lowest BCUT2D eigenvalue weighted by atomic mass is 9.81. The highest BCUT2D eigenvalue weighted by Crippen LogP contribution is 2.43. The summed E-state index contributed by atoms with van der Waals surface area (Å²) in [5.74, 6) is 0.431. The number of imide groups is 1. The van der Waals surface area contributed by atoms with Crippen LogP contribution in [0.4, 0.5) is 5.69 Å². The number of methoxy groups -OCH3 is 1. The van der Waals surface area contributed by atoms with Gasteiger partial charge in [-0.05, 0) is 54.0 Å². The highest BCUT2D eigenvalue weighted by Gasteiger charge is 2.48. The van der Waals surface area contributed by atoms with Gasteiger partial charge in [0.15, 0.2) is 0 Å². The zero-order chi connectivity index (χ0) is 18.5. The second kappa shape index (κ2) is 6.42. The molecule has 2 aromatic heterocycles. The molecule has 7 heteroatoms. The van der Waals surface area contributed by atoms with Crippen LogP contribution < -0.4 is 9.64 Å². The normalized spacial score (nSPS) is 22.5. The molecule has 5 rings (SSSR count). The number of thiophene rings is 1. The van der Waals surface area contributed by atoms with Gasteiger partial charge in [0, 0.05) is 5.39 Å². The van der Waals surface area contributed by atoms with Crippen molar-refractivity contribution in [3.8, 4) is 16.3 Å². The average molecular weight is 399 g/mol. The Kier molecular flexibility index (Phi) is 4.02. The van der Waals surface area contributed by atoms with E-state index in [1.54, 1.807) is 18.4 Å². The van der Waals surface area contributed by atoms with E-state index in [4.69, 9.17) is 4.74 Å². The van der Waals surface area contributed by atoms with Gasteiger partial charge in [-0.2, -0.15) is 4.37 Å². The molecular formula is C20H18N2O3S2. The van der Waals surface area contributed by atoms with Gasteiger partial charge in [0.05, 0.1) is 34.2 Å². The highest BCUT2D eigenvalue weighted by molar-refractivity contribution is 7.16. The molecule has 1 saturated heterocycles. The molecule has 2 atom stereocenters. The second-order valence-corrected chi connectivity index (χ2v) is 8.76. The van der Waals surface area contributed by atoms with Crippen LogP contribution in [0.25, 0.3) is 20.7 Å². The summed E-state index contributed by atoms with van der Waals surface area (Å²) < 4.78 is 11.1. The minimum Gasteiger partial charge on any atom is -0.495 e. The maximum Gasteiger partial charge on any atom is 0.237 e. The number of carbonyl (C=O) groups is 2. The molecule has 1 saturated carbocycles. The summed E-state index contributed by atoms with van der Waals surface area (Å²) in [6.07, 6.45) is 3.71. The van der Waals surface area contributed by atoms with Gasteiger partial charge in [-0.1, -0.05) is 12.8 Å². The Morgan fingerprint density at radius 3 is 2.56 bits per heavy atom. The van der Waals surface area contributed by atoms with Gasteiger partial charge in [0.1, 0.15) is 11.4 Å². The van der Waals surface area contributed by atoms with Crippen molar-refractivity contribution in [3.63, 3.8) is 0 Å². The molecule has 0 bridgehead atoms. The van der Waals surface area contributed by atoms with Crippen molar-refractivity contribution in [2.24, 2.45) is 11.8 Å². The molecule has 2 aliphatic rings. The van der Waals surface area contributed by atoms with Crippen molar-refractivity contribution < 1.29 is 14.3 Å². The predicted molar refractivity (Wildman–Crippen MR) is 107 cm³/mol. The van der Waals surface area contributed by atoms with Crippen LogP contribution >= 0.6 is 22.9 Å². The van der Waals surface area contributed by atoms with E-state index in [-0.39, 0.29) is 23.7 Å². The van der Waals surface area contributed by atoms with Crippen molar-refractivity contribution in [2.45, 2.75) is 25.7 Å². The van der Waals surface area contributed by atoms with Crippen molar-refractivity contribution in [1.29, 1.82) is 0 Å². The molecule has 0 N–H and O–H groups in total. The Hall–Kier alpha value is -2.25. The molecule has 2 amide bonds. The van der Waals surface area contributed by atoms with Crippen molar-refractivity contribution in [1.82, 2.24) is 4.37 Å². The van der Waals surface area contributed by atoms with Gasteiger partial charge in [0.2, 0.25) is 11.8 Å². The Bertz CT molecular complexity index is 1030. The summed E-state index contributed by atoms with van der Waals surface area (Å²) in [5, 5.41) is 2.93. The van der Waals surface area contributed by atoms with Crippen LogP contribution in [0.15, 0.2) is 29.6 Å². The predicted octanol–water partition coefficient (Wildman–Crippen LogP) is 4.71. The van der Waals surface area contributed by atoms with E-state index >= 15 is 0 Å². The van der Waals surface area contributed by atoms with Crippen molar-refractivity contribution in [3.05, 3.63) is 29.6 Å². The third kappa shape index (κ3) is 2.52. The summed E-state index contributed by atoms with van der Waals surface area (Å²) in [4.78, 5) is 28.2. The second-order valence-electron chi connectivity index (χ2n) is 7.04. The summed E-state index contributed by atoms with van der Waals surface area (Å²) >= 11 is 2.99. The molecule has 1 aliphatic carbocycles. The monoisotopic (exact) mass is 398 g/mol. The standard InChI is InChI=1S/C20H18N2O3S2/c1-25-15-8-9-26-18(15)17-14-10-11(6-7-16(14)27-21-17)22-19(23)12-4-2-3-5-13(12)20(22)24/h6-10,12-13H,2-5H2,1H3. The molecule has 27 heavy (non-hydrogen) atoms. The minimum atomic E-state index is -0.139. The molecule has 2 fully saturated rings. The number of rotatable bonds is 3. The van der Waals surface area contributed by atoms with Crippen LogP contribution in [0.1, 0.15) is 25.7 Å². The van der Waals surface area contributed by atoms with Crippen LogP contribution in [-0.4, -0.2) is 23.3 Å². The average Bonchev–Trinajstić information content (AvgIpc) is 3.38. The number of amides is 2. The Morgan fingerprint density at radius 2 is 1.85 bits per heavy atom.